The maximum Gasteiger partial charge on any atom is 0.333 e. The Morgan fingerprint density at radius 3 is 2.53 bits per heavy atom. The van der Waals surface area contributed by atoms with Gasteiger partial charge in [0.25, 0.3) is 0 Å². The van der Waals surface area contributed by atoms with E-state index in [0.29, 0.717) is 18.8 Å². The molecule has 1 unspecified atom stereocenters. The molecule has 0 fully saturated rings. The molecular formula is C15H20O4. The summed E-state index contributed by atoms with van der Waals surface area (Å²) in [5.41, 5.74) is 0.362. The summed E-state index contributed by atoms with van der Waals surface area (Å²) >= 11 is 0. The molecule has 0 saturated heterocycles. The van der Waals surface area contributed by atoms with Gasteiger partial charge in [0.15, 0.2) is 6.10 Å². The molecule has 4 nitrogen and oxygen atoms in total. The van der Waals surface area contributed by atoms with Crippen molar-refractivity contribution in [2.24, 2.45) is 0 Å². The molecule has 104 valence electrons. The predicted molar refractivity (Wildman–Crippen MR) is 73.1 cm³/mol. The summed E-state index contributed by atoms with van der Waals surface area (Å²) < 4.78 is 16.1. The number of ether oxygens (including phenoxy) is 3. The second kappa shape index (κ2) is 8.32. The molecule has 0 amide bonds. The molecule has 1 atom stereocenters. The third-order valence-corrected chi connectivity index (χ3v) is 2.31. The van der Waals surface area contributed by atoms with Crippen molar-refractivity contribution < 1.29 is 19.0 Å². The van der Waals surface area contributed by atoms with E-state index in [0.717, 1.165) is 5.75 Å². The average Bonchev–Trinajstić information content (AvgIpc) is 2.42. The van der Waals surface area contributed by atoms with Gasteiger partial charge in [0.05, 0.1) is 6.61 Å². The molecule has 0 radical (unpaired) electrons. The van der Waals surface area contributed by atoms with E-state index in [1.807, 2.05) is 37.3 Å². The summed E-state index contributed by atoms with van der Waals surface area (Å²) in [4.78, 5) is 11.5. The van der Waals surface area contributed by atoms with E-state index in [-0.39, 0.29) is 6.61 Å². The number of carbonyl (C=O) groups is 1. The minimum absolute atomic E-state index is 0.253. The van der Waals surface area contributed by atoms with Crippen LogP contribution in [-0.4, -0.2) is 31.9 Å². The van der Waals surface area contributed by atoms with E-state index in [2.05, 4.69) is 6.58 Å². The lowest BCUT2D eigenvalue weighted by atomic mass is 10.3. The number of hydrogen-bond acceptors (Lipinski definition) is 4. The number of carbonyl (C=O) groups excluding carboxylic acids is 1. The standard InChI is InChI=1S/C15H20O4/c1-4-17-10-14(19-15(16)12(2)3)11-18-13-8-6-5-7-9-13/h5-9,14H,2,4,10-11H2,1,3H3. The topological polar surface area (TPSA) is 44.8 Å². The summed E-state index contributed by atoms with van der Waals surface area (Å²) in [6.45, 7) is 8.17. The van der Waals surface area contributed by atoms with Crippen molar-refractivity contribution in [2.75, 3.05) is 19.8 Å². The quantitative estimate of drug-likeness (QED) is 0.535. The van der Waals surface area contributed by atoms with Crippen LogP contribution in [-0.2, 0) is 14.3 Å². The molecule has 4 heteroatoms. The first-order chi connectivity index (χ1) is 9.13. The zero-order valence-corrected chi connectivity index (χ0v) is 11.4. The third-order valence-electron chi connectivity index (χ3n) is 2.31. The number of hydrogen-bond donors (Lipinski definition) is 0. The van der Waals surface area contributed by atoms with Crippen LogP contribution in [0.2, 0.25) is 0 Å². The fraction of sp³-hybridized carbons (Fsp3) is 0.400. The zero-order chi connectivity index (χ0) is 14.1. The van der Waals surface area contributed by atoms with Gasteiger partial charge in [-0.3, -0.25) is 0 Å². The number of benzene rings is 1. The molecule has 1 aromatic carbocycles. The minimum Gasteiger partial charge on any atom is -0.490 e. The predicted octanol–water partition coefficient (Wildman–Crippen LogP) is 2.59. The van der Waals surface area contributed by atoms with Gasteiger partial charge in [0.2, 0.25) is 0 Å². The van der Waals surface area contributed by atoms with Crippen molar-refractivity contribution in [3.63, 3.8) is 0 Å². The summed E-state index contributed by atoms with van der Waals surface area (Å²) in [5.74, 6) is 0.303. The normalized spacial score (nSPS) is 11.7. The Balaban J connectivity index is 2.49. The van der Waals surface area contributed by atoms with Gasteiger partial charge in [-0.05, 0) is 26.0 Å². The van der Waals surface area contributed by atoms with Crippen molar-refractivity contribution in [3.05, 3.63) is 42.5 Å². The van der Waals surface area contributed by atoms with Gasteiger partial charge in [-0.1, -0.05) is 24.8 Å². The molecule has 0 bridgehead atoms. The monoisotopic (exact) mass is 264 g/mol. The Morgan fingerprint density at radius 1 is 1.26 bits per heavy atom. The summed E-state index contributed by atoms with van der Waals surface area (Å²) in [6.07, 6.45) is -0.440. The molecule has 1 rings (SSSR count). The molecule has 0 saturated carbocycles. The number of para-hydroxylation sites is 1. The Hall–Kier alpha value is -1.81. The zero-order valence-electron chi connectivity index (χ0n) is 11.4. The number of esters is 1. The van der Waals surface area contributed by atoms with Gasteiger partial charge in [-0.25, -0.2) is 4.79 Å². The van der Waals surface area contributed by atoms with Crippen LogP contribution in [0.1, 0.15) is 13.8 Å². The highest BCUT2D eigenvalue weighted by Crippen LogP contribution is 2.10. The van der Waals surface area contributed by atoms with Crippen LogP contribution in [0.3, 0.4) is 0 Å². The molecule has 0 aromatic heterocycles. The fourth-order valence-corrected chi connectivity index (χ4v) is 1.32. The maximum absolute atomic E-state index is 11.5. The highest BCUT2D eigenvalue weighted by molar-refractivity contribution is 5.87. The van der Waals surface area contributed by atoms with Crippen LogP contribution in [0.4, 0.5) is 0 Å². The van der Waals surface area contributed by atoms with Crippen LogP contribution < -0.4 is 4.74 Å². The first-order valence-corrected chi connectivity index (χ1v) is 6.25. The van der Waals surface area contributed by atoms with Crippen LogP contribution in [0.15, 0.2) is 42.5 Å². The Kier molecular flexibility index (Phi) is 6.68. The number of rotatable bonds is 8. The van der Waals surface area contributed by atoms with Crippen molar-refractivity contribution in [3.8, 4) is 5.75 Å². The molecule has 0 aliphatic rings. The second-order valence-electron chi connectivity index (χ2n) is 4.09. The molecule has 0 aliphatic heterocycles. The van der Waals surface area contributed by atoms with E-state index in [1.165, 1.54) is 0 Å². The average molecular weight is 264 g/mol. The van der Waals surface area contributed by atoms with Gasteiger partial charge in [-0.15, -0.1) is 0 Å². The maximum atomic E-state index is 11.5. The molecule has 19 heavy (non-hydrogen) atoms. The lowest BCUT2D eigenvalue weighted by molar-refractivity contribution is -0.149. The molecule has 1 aromatic rings. The van der Waals surface area contributed by atoms with Crippen LogP contribution >= 0.6 is 0 Å². The summed E-state index contributed by atoms with van der Waals surface area (Å²) in [7, 11) is 0. The van der Waals surface area contributed by atoms with Crippen molar-refractivity contribution in [2.45, 2.75) is 20.0 Å². The van der Waals surface area contributed by atoms with E-state index in [9.17, 15) is 4.79 Å². The fourth-order valence-electron chi connectivity index (χ4n) is 1.32. The van der Waals surface area contributed by atoms with Crippen LogP contribution in [0.5, 0.6) is 5.75 Å². The van der Waals surface area contributed by atoms with Crippen LogP contribution in [0.25, 0.3) is 0 Å². The van der Waals surface area contributed by atoms with Gasteiger partial charge >= 0.3 is 5.97 Å². The summed E-state index contributed by atoms with van der Waals surface area (Å²) in [6, 6.07) is 9.36. The van der Waals surface area contributed by atoms with E-state index in [1.54, 1.807) is 6.92 Å². The lowest BCUT2D eigenvalue weighted by Gasteiger charge is -2.18. The van der Waals surface area contributed by atoms with Crippen molar-refractivity contribution in [1.29, 1.82) is 0 Å². The Morgan fingerprint density at radius 2 is 1.95 bits per heavy atom. The first kappa shape index (κ1) is 15.2. The highest BCUT2D eigenvalue weighted by Gasteiger charge is 2.16. The van der Waals surface area contributed by atoms with Gasteiger partial charge in [0.1, 0.15) is 12.4 Å². The van der Waals surface area contributed by atoms with Crippen LogP contribution in [0, 0.1) is 0 Å². The van der Waals surface area contributed by atoms with E-state index < -0.39 is 12.1 Å². The smallest absolute Gasteiger partial charge is 0.333 e. The lowest BCUT2D eigenvalue weighted by Crippen LogP contribution is -2.30. The second-order valence-corrected chi connectivity index (χ2v) is 4.09. The molecule has 0 N–H and O–H groups in total. The Labute approximate surface area is 114 Å². The largest absolute Gasteiger partial charge is 0.490 e. The Bertz CT molecular complexity index is 400. The van der Waals surface area contributed by atoms with Gasteiger partial charge in [-0.2, -0.15) is 0 Å². The first-order valence-electron chi connectivity index (χ1n) is 6.25. The molecule has 0 aliphatic carbocycles. The molecule has 0 spiro atoms. The summed E-state index contributed by atoms with van der Waals surface area (Å²) in [5, 5.41) is 0. The molecule has 0 heterocycles. The SMILES string of the molecule is C=C(C)C(=O)OC(COCC)COc1ccccc1. The van der Waals surface area contributed by atoms with E-state index >= 15 is 0 Å². The van der Waals surface area contributed by atoms with Crippen molar-refractivity contribution in [1.82, 2.24) is 0 Å². The van der Waals surface area contributed by atoms with Crippen molar-refractivity contribution >= 4 is 5.97 Å². The van der Waals surface area contributed by atoms with Gasteiger partial charge in [0, 0.05) is 12.2 Å². The third kappa shape index (κ3) is 6.06. The van der Waals surface area contributed by atoms with Gasteiger partial charge < -0.3 is 14.2 Å². The molecular weight excluding hydrogens is 244 g/mol. The highest BCUT2D eigenvalue weighted by atomic mass is 16.6. The van der Waals surface area contributed by atoms with E-state index in [4.69, 9.17) is 14.2 Å². The minimum atomic E-state index is -0.440.